The SMILES string of the molecule is Fc1c(Sc2ccccc2)c(Sc2ccccc2)c(F)c2c1-c1nc-2nc2[nH]c(nc3[nH]c(n1)c1c(F)c(Sc4ccccc4)c(Sc4ccccc4)c(F)c31)c1c(F)c(Sc3ccccc3)c(Sc3ccccc3)c(F)c21. The van der Waals surface area contributed by atoms with Crippen LogP contribution in [-0.2, 0) is 0 Å². The number of halogens is 6. The molecule has 380 valence electrons. The maximum Gasteiger partial charge on any atom is 0.167 e. The van der Waals surface area contributed by atoms with Crippen LogP contribution in [0.15, 0.2) is 241 Å². The highest BCUT2D eigenvalue weighted by atomic mass is 32.2. The normalized spacial score (nSPS) is 11.8. The van der Waals surface area contributed by atoms with E-state index in [1.165, 1.54) is 0 Å². The minimum atomic E-state index is -0.936. The number of nitrogens with zero attached hydrogens (tertiary/aromatic N) is 4. The molecule has 0 fully saturated rings. The van der Waals surface area contributed by atoms with E-state index in [9.17, 15) is 0 Å². The Morgan fingerprint density at radius 3 is 0.679 bits per heavy atom. The van der Waals surface area contributed by atoms with Crippen molar-refractivity contribution in [2.24, 2.45) is 0 Å². The zero-order chi connectivity index (χ0) is 53.0. The van der Waals surface area contributed by atoms with Crippen LogP contribution >= 0.6 is 70.6 Å². The fourth-order valence-corrected chi connectivity index (χ4v) is 15.1. The van der Waals surface area contributed by atoms with E-state index in [2.05, 4.69) is 9.97 Å². The molecule has 12 aromatic rings. The Morgan fingerprint density at radius 2 is 0.449 bits per heavy atom. The molecule has 0 saturated heterocycles. The number of hydrogen-bond donors (Lipinski definition) is 2. The maximum absolute atomic E-state index is 18.2. The molecule has 18 heteroatoms. The molecule has 1 aliphatic heterocycles. The van der Waals surface area contributed by atoms with Crippen LogP contribution < -0.4 is 0 Å². The summed E-state index contributed by atoms with van der Waals surface area (Å²) in [6.45, 7) is 0. The quantitative estimate of drug-likeness (QED) is 0.115. The first-order valence-corrected chi connectivity index (χ1v) is 28.7. The second kappa shape index (κ2) is 21.1. The summed E-state index contributed by atoms with van der Waals surface area (Å²) in [6, 6.07) is 53.2. The van der Waals surface area contributed by atoms with E-state index in [1.807, 2.05) is 0 Å². The molecule has 0 aliphatic carbocycles. The summed E-state index contributed by atoms with van der Waals surface area (Å²) < 4.78 is 109. The summed E-state index contributed by atoms with van der Waals surface area (Å²) in [6.07, 6.45) is 0. The van der Waals surface area contributed by atoms with E-state index in [1.54, 1.807) is 182 Å². The fraction of sp³-hybridized carbons (Fsp3) is 0. The van der Waals surface area contributed by atoms with Gasteiger partial charge in [0.05, 0.1) is 62.0 Å². The third-order valence-corrected chi connectivity index (χ3v) is 19.4. The van der Waals surface area contributed by atoms with Crippen molar-refractivity contribution < 1.29 is 26.3 Å². The van der Waals surface area contributed by atoms with Crippen molar-refractivity contribution in [3.63, 3.8) is 0 Å². The first-order valence-electron chi connectivity index (χ1n) is 23.8. The van der Waals surface area contributed by atoms with Crippen molar-refractivity contribution in [1.29, 1.82) is 0 Å². The lowest BCUT2D eigenvalue weighted by Crippen LogP contribution is -1.99. The van der Waals surface area contributed by atoms with E-state index in [-0.39, 0.29) is 52.0 Å². The number of H-pyrrole nitrogens is 2. The highest BCUT2D eigenvalue weighted by Crippen LogP contribution is 2.53. The Balaban J connectivity index is 1.18. The molecule has 0 unspecified atom stereocenters. The predicted molar refractivity (Wildman–Crippen MR) is 302 cm³/mol. The van der Waals surface area contributed by atoms with Crippen LogP contribution in [0.2, 0.25) is 0 Å². The monoisotopic (exact) mass is 1140 g/mol. The molecule has 13 rings (SSSR count). The Bertz CT molecular complexity index is 4110. The van der Waals surface area contributed by atoms with E-state index in [0.717, 1.165) is 70.6 Å². The molecule has 6 bridgehead atoms. The topological polar surface area (TPSA) is 83.1 Å². The molecular weight excluding hydrogens is 1110 g/mol. The fourth-order valence-electron chi connectivity index (χ4n) is 8.94. The van der Waals surface area contributed by atoms with Crippen LogP contribution in [0.1, 0.15) is 0 Å². The highest BCUT2D eigenvalue weighted by Gasteiger charge is 2.36. The van der Waals surface area contributed by atoms with Gasteiger partial charge in [0.2, 0.25) is 0 Å². The van der Waals surface area contributed by atoms with Gasteiger partial charge in [-0.15, -0.1) is 0 Å². The van der Waals surface area contributed by atoms with Gasteiger partial charge in [0.15, 0.2) is 11.6 Å². The van der Waals surface area contributed by atoms with Crippen molar-refractivity contribution in [3.8, 4) is 22.8 Å². The molecule has 0 amide bonds. The zero-order valence-corrected chi connectivity index (χ0v) is 44.7. The summed E-state index contributed by atoms with van der Waals surface area (Å²) >= 11 is 5.89. The van der Waals surface area contributed by atoms with Gasteiger partial charge in [0, 0.05) is 29.4 Å². The van der Waals surface area contributed by atoms with E-state index >= 15 is 26.3 Å². The molecule has 4 heterocycles. The smallest absolute Gasteiger partial charge is 0.167 e. The first-order chi connectivity index (χ1) is 38.2. The van der Waals surface area contributed by atoms with Crippen LogP contribution in [0.25, 0.3) is 66.9 Å². The van der Waals surface area contributed by atoms with Crippen LogP contribution in [0, 0.1) is 34.9 Å². The molecule has 78 heavy (non-hydrogen) atoms. The zero-order valence-electron chi connectivity index (χ0n) is 39.8. The van der Waals surface area contributed by atoms with Crippen LogP contribution in [0.3, 0.4) is 0 Å². The third kappa shape index (κ3) is 9.22. The molecule has 0 radical (unpaired) electrons. The Labute approximate surface area is 466 Å². The van der Waals surface area contributed by atoms with Gasteiger partial charge in [-0.1, -0.05) is 180 Å². The average molecular weight is 1140 g/mol. The Hall–Kier alpha value is -7.32. The lowest BCUT2D eigenvalue weighted by atomic mass is 10.1. The van der Waals surface area contributed by atoms with Gasteiger partial charge in [-0.05, 0) is 72.8 Å². The molecule has 9 aromatic carbocycles. The molecular formula is C60H32F6N6S6. The lowest BCUT2D eigenvalue weighted by Gasteiger charge is -2.15. The second-order valence-electron chi connectivity index (χ2n) is 17.3. The highest BCUT2D eigenvalue weighted by molar-refractivity contribution is 8.03. The summed E-state index contributed by atoms with van der Waals surface area (Å²) in [5.41, 5.74) is -2.28. The number of aromatic amines is 2. The minimum Gasteiger partial charge on any atom is -0.324 e. The molecule has 3 aromatic heterocycles. The largest absolute Gasteiger partial charge is 0.324 e. The minimum absolute atomic E-state index is 0.0990. The van der Waals surface area contributed by atoms with Gasteiger partial charge >= 0.3 is 0 Å². The molecule has 0 atom stereocenters. The summed E-state index contributed by atoms with van der Waals surface area (Å²) in [4.78, 5) is 27.9. The Kier molecular flexibility index (Phi) is 13.6. The molecule has 0 spiro atoms. The molecule has 1 aliphatic rings. The van der Waals surface area contributed by atoms with Gasteiger partial charge in [0.1, 0.15) is 57.5 Å². The van der Waals surface area contributed by atoms with Crippen molar-refractivity contribution in [2.75, 3.05) is 0 Å². The van der Waals surface area contributed by atoms with Gasteiger partial charge in [-0.25, -0.2) is 46.3 Å². The number of hydrogen-bond acceptors (Lipinski definition) is 10. The van der Waals surface area contributed by atoms with Crippen molar-refractivity contribution in [2.45, 2.75) is 58.7 Å². The van der Waals surface area contributed by atoms with Crippen molar-refractivity contribution >= 4 is 115 Å². The molecule has 6 nitrogen and oxygen atoms in total. The summed E-state index contributed by atoms with van der Waals surface area (Å²) in [5, 5.41) is -1.61. The molecule has 2 N–H and O–H groups in total. The van der Waals surface area contributed by atoms with Gasteiger partial charge in [0.25, 0.3) is 0 Å². The van der Waals surface area contributed by atoms with Crippen LogP contribution in [-0.4, -0.2) is 29.9 Å². The van der Waals surface area contributed by atoms with Gasteiger partial charge in [-0.2, -0.15) is 0 Å². The first kappa shape index (κ1) is 50.2. The predicted octanol–water partition coefficient (Wildman–Crippen LogP) is 19.0. The molecule has 0 saturated carbocycles. The second-order valence-corrected chi connectivity index (χ2v) is 23.8. The van der Waals surface area contributed by atoms with Gasteiger partial charge < -0.3 is 9.97 Å². The average Bonchev–Trinajstić information content (AvgIpc) is 4.35. The van der Waals surface area contributed by atoms with Crippen LogP contribution in [0.4, 0.5) is 26.3 Å². The number of fused-ring (bicyclic) bond motifs is 15. The van der Waals surface area contributed by atoms with Crippen molar-refractivity contribution in [1.82, 2.24) is 29.9 Å². The van der Waals surface area contributed by atoms with E-state index in [0.29, 0.717) is 29.4 Å². The number of benzene rings is 9. The number of rotatable bonds is 12. The maximum atomic E-state index is 18.2. The van der Waals surface area contributed by atoms with Crippen LogP contribution in [0.5, 0.6) is 0 Å². The van der Waals surface area contributed by atoms with Crippen molar-refractivity contribution in [3.05, 3.63) is 217 Å². The lowest BCUT2D eigenvalue weighted by molar-refractivity contribution is 0.557. The summed E-state index contributed by atoms with van der Waals surface area (Å²) in [5.74, 6) is -6.45. The third-order valence-electron chi connectivity index (χ3n) is 12.4. The summed E-state index contributed by atoms with van der Waals surface area (Å²) in [7, 11) is 0. The standard InChI is InChI=1S/C60H32F6N6S6/c61-43-37-38(44(62)50(74-32-21-9-2-10-22-32)49(43)73-31-19-7-1-8-20-31)56-67-55(37)70-57-39-40(46(64)52(76-34-25-13-4-14-26-34)51(45(39)63)75-33-23-11-3-12-24-33)59(68-57)72-60-42-41(58(69-60)71-56)47(65)53(77-35-27-15-5-16-28-35)54(48(42)66)78-36-29-17-6-18-30-36/h1-30H,(H2,67,68,69,70,71,72). The van der Waals surface area contributed by atoms with Gasteiger partial charge in [-0.3, -0.25) is 0 Å². The number of aromatic nitrogens is 6. The van der Waals surface area contributed by atoms with E-state index < -0.39 is 79.2 Å². The Morgan fingerprint density at radius 1 is 0.244 bits per heavy atom. The van der Waals surface area contributed by atoms with E-state index in [4.69, 9.17) is 19.9 Å². The number of nitrogens with one attached hydrogen (secondary N) is 2.